The van der Waals surface area contributed by atoms with Gasteiger partial charge in [-0.25, -0.2) is 4.79 Å². The second kappa shape index (κ2) is 6.53. The van der Waals surface area contributed by atoms with E-state index in [0.717, 1.165) is 45.7 Å². The molecule has 0 spiro atoms. The van der Waals surface area contributed by atoms with E-state index in [1.807, 2.05) is 25.7 Å². The zero-order valence-corrected chi connectivity index (χ0v) is 13.9. The van der Waals surface area contributed by atoms with Crippen LogP contribution in [0.3, 0.4) is 0 Å². The molecule has 1 unspecified atom stereocenters. The molecule has 2 fully saturated rings. The average Bonchev–Trinajstić information content (AvgIpc) is 2.35. The fourth-order valence-electron chi connectivity index (χ4n) is 2.87. The van der Waals surface area contributed by atoms with E-state index in [4.69, 9.17) is 9.47 Å². The van der Waals surface area contributed by atoms with E-state index in [2.05, 4.69) is 12.2 Å². The molecule has 0 saturated carbocycles. The Morgan fingerprint density at radius 2 is 2.10 bits per heavy atom. The van der Waals surface area contributed by atoms with Crippen molar-refractivity contribution in [3.05, 3.63) is 0 Å². The van der Waals surface area contributed by atoms with Crippen LogP contribution in [0.5, 0.6) is 0 Å². The van der Waals surface area contributed by atoms with Gasteiger partial charge in [-0.05, 0) is 40.0 Å². The average molecular weight is 298 g/mol. The number of amides is 1. The van der Waals surface area contributed by atoms with Crippen molar-refractivity contribution in [1.82, 2.24) is 10.2 Å². The molecule has 2 aliphatic rings. The summed E-state index contributed by atoms with van der Waals surface area (Å²) in [6, 6.07) is 0.248. The topological polar surface area (TPSA) is 50.8 Å². The van der Waals surface area contributed by atoms with E-state index in [-0.39, 0.29) is 17.6 Å². The van der Waals surface area contributed by atoms with Gasteiger partial charge in [0, 0.05) is 31.1 Å². The highest BCUT2D eigenvalue weighted by Crippen LogP contribution is 2.25. The second-order valence-electron chi connectivity index (χ2n) is 7.76. The number of nitrogens with one attached hydrogen (secondary N) is 1. The molecule has 0 bridgehead atoms. The lowest BCUT2D eigenvalue weighted by molar-refractivity contribution is -0.0994. The first-order valence-corrected chi connectivity index (χ1v) is 8.07. The fourth-order valence-corrected chi connectivity index (χ4v) is 2.87. The molecule has 0 aromatic heterocycles. The van der Waals surface area contributed by atoms with Gasteiger partial charge in [0.15, 0.2) is 0 Å². The number of nitrogens with zero attached hydrogens (tertiary/aromatic N) is 1. The van der Waals surface area contributed by atoms with Crippen molar-refractivity contribution in [2.75, 3.05) is 32.8 Å². The van der Waals surface area contributed by atoms with Crippen molar-refractivity contribution in [3.63, 3.8) is 0 Å². The summed E-state index contributed by atoms with van der Waals surface area (Å²) < 4.78 is 10.8. The van der Waals surface area contributed by atoms with Gasteiger partial charge in [0.25, 0.3) is 0 Å². The van der Waals surface area contributed by atoms with E-state index in [1.54, 1.807) is 0 Å². The van der Waals surface area contributed by atoms with E-state index in [1.165, 1.54) is 6.42 Å². The number of carbonyl (C=O) groups excluding carboxylic acids is 1. The molecular weight excluding hydrogens is 268 g/mol. The molecule has 2 saturated heterocycles. The number of likely N-dealkylation sites (tertiary alicyclic amines) is 1. The van der Waals surface area contributed by atoms with Crippen LogP contribution in [-0.2, 0) is 9.47 Å². The second-order valence-corrected chi connectivity index (χ2v) is 7.76. The van der Waals surface area contributed by atoms with Gasteiger partial charge < -0.3 is 19.7 Å². The maximum Gasteiger partial charge on any atom is 0.410 e. The smallest absolute Gasteiger partial charge is 0.410 e. The van der Waals surface area contributed by atoms with Gasteiger partial charge in [0.1, 0.15) is 5.60 Å². The van der Waals surface area contributed by atoms with Crippen LogP contribution < -0.4 is 5.32 Å². The molecule has 122 valence electrons. The van der Waals surface area contributed by atoms with Gasteiger partial charge in [0.2, 0.25) is 0 Å². The molecule has 5 heteroatoms. The molecule has 21 heavy (non-hydrogen) atoms. The summed E-state index contributed by atoms with van der Waals surface area (Å²) in [6.45, 7) is 12.2. The Balaban J connectivity index is 1.82. The third-order valence-electron chi connectivity index (χ3n) is 4.09. The van der Waals surface area contributed by atoms with Crippen LogP contribution in [0.2, 0.25) is 0 Å². The van der Waals surface area contributed by atoms with Crippen LogP contribution in [0.15, 0.2) is 0 Å². The van der Waals surface area contributed by atoms with Crippen molar-refractivity contribution >= 4 is 6.09 Å². The molecule has 0 radical (unpaired) electrons. The van der Waals surface area contributed by atoms with Crippen molar-refractivity contribution in [2.24, 2.45) is 5.41 Å². The maximum absolute atomic E-state index is 12.3. The molecule has 5 nitrogen and oxygen atoms in total. The largest absolute Gasteiger partial charge is 0.444 e. The Morgan fingerprint density at radius 3 is 2.67 bits per heavy atom. The van der Waals surface area contributed by atoms with E-state index in [9.17, 15) is 4.79 Å². The standard InChI is InChI=1S/C16H30N2O3/c1-15(2,3)21-14(19)18-8-6-5-7-13(18)9-17-10-16(4)11-20-12-16/h13,17H,5-12H2,1-4H3. The Morgan fingerprint density at radius 1 is 1.38 bits per heavy atom. The number of hydrogen-bond donors (Lipinski definition) is 1. The van der Waals surface area contributed by atoms with Gasteiger partial charge in [-0.15, -0.1) is 0 Å². The maximum atomic E-state index is 12.3. The highest BCUT2D eigenvalue weighted by Gasteiger charge is 2.34. The minimum atomic E-state index is -0.427. The Kier molecular flexibility index (Phi) is 5.15. The molecule has 1 atom stereocenters. The zero-order valence-electron chi connectivity index (χ0n) is 13.9. The van der Waals surface area contributed by atoms with Crippen LogP contribution in [0.1, 0.15) is 47.0 Å². The SMILES string of the molecule is CC1(CNCC2CCCCN2C(=O)OC(C)(C)C)COC1. The summed E-state index contributed by atoms with van der Waals surface area (Å²) in [7, 11) is 0. The van der Waals surface area contributed by atoms with Gasteiger partial charge >= 0.3 is 6.09 Å². The molecule has 2 heterocycles. The van der Waals surface area contributed by atoms with Crippen LogP contribution >= 0.6 is 0 Å². The number of piperidine rings is 1. The van der Waals surface area contributed by atoms with Gasteiger partial charge in [0.05, 0.1) is 13.2 Å². The molecule has 2 aliphatic heterocycles. The summed E-state index contributed by atoms with van der Waals surface area (Å²) in [5.41, 5.74) is -0.158. The third kappa shape index (κ3) is 4.85. The third-order valence-corrected chi connectivity index (χ3v) is 4.09. The molecule has 2 rings (SSSR count). The Labute approximate surface area is 128 Å². The molecule has 0 aliphatic carbocycles. The monoisotopic (exact) mass is 298 g/mol. The number of carbonyl (C=O) groups is 1. The number of rotatable bonds is 4. The van der Waals surface area contributed by atoms with E-state index < -0.39 is 5.60 Å². The van der Waals surface area contributed by atoms with E-state index in [0.29, 0.717) is 0 Å². The van der Waals surface area contributed by atoms with Gasteiger partial charge in [-0.2, -0.15) is 0 Å². The van der Waals surface area contributed by atoms with Gasteiger partial charge in [-0.3, -0.25) is 0 Å². The number of ether oxygens (including phenoxy) is 2. The molecule has 1 amide bonds. The van der Waals surface area contributed by atoms with Crippen molar-refractivity contribution in [2.45, 2.75) is 58.6 Å². The summed E-state index contributed by atoms with van der Waals surface area (Å²) in [6.07, 6.45) is 3.14. The first-order valence-electron chi connectivity index (χ1n) is 8.07. The van der Waals surface area contributed by atoms with Crippen LogP contribution in [0, 0.1) is 5.41 Å². The fraction of sp³-hybridized carbons (Fsp3) is 0.938. The minimum Gasteiger partial charge on any atom is -0.444 e. The predicted octanol–water partition coefficient (Wildman–Crippen LogP) is 2.40. The lowest BCUT2D eigenvalue weighted by Crippen LogP contribution is -2.53. The first-order chi connectivity index (χ1) is 9.79. The lowest BCUT2D eigenvalue weighted by Gasteiger charge is -2.40. The van der Waals surface area contributed by atoms with Crippen molar-refractivity contribution in [1.29, 1.82) is 0 Å². The summed E-state index contributed by atoms with van der Waals surface area (Å²) in [5.74, 6) is 0. The minimum absolute atomic E-state index is 0.174. The predicted molar refractivity (Wildman–Crippen MR) is 82.4 cm³/mol. The zero-order chi connectivity index (χ0) is 15.5. The normalized spacial score (nSPS) is 25.3. The summed E-state index contributed by atoms with van der Waals surface area (Å²) in [4.78, 5) is 14.2. The van der Waals surface area contributed by atoms with E-state index >= 15 is 0 Å². The van der Waals surface area contributed by atoms with Crippen LogP contribution in [-0.4, -0.2) is 55.5 Å². The Bertz CT molecular complexity index is 361. The molecule has 0 aromatic rings. The summed E-state index contributed by atoms with van der Waals surface area (Å²) in [5, 5.41) is 3.52. The van der Waals surface area contributed by atoms with Crippen LogP contribution in [0.4, 0.5) is 4.79 Å². The van der Waals surface area contributed by atoms with Crippen molar-refractivity contribution < 1.29 is 14.3 Å². The summed E-state index contributed by atoms with van der Waals surface area (Å²) >= 11 is 0. The van der Waals surface area contributed by atoms with Crippen molar-refractivity contribution in [3.8, 4) is 0 Å². The first kappa shape index (κ1) is 16.6. The van der Waals surface area contributed by atoms with Gasteiger partial charge in [-0.1, -0.05) is 6.92 Å². The Hall–Kier alpha value is -0.810. The molecule has 1 N–H and O–H groups in total. The highest BCUT2D eigenvalue weighted by molar-refractivity contribution is 5.68. The quantitative estimate of drug-likeness (QED) is 0.866. The van der Waals surface area contributed by atoms with Crippen LogP contribution in [0.25, 0.3) is 0 Å². The number of hydrogen-bond acceptors (Lipinski definition) is 4. The molecule has 0 aromatic carbocycles. The molecular formula is C16H30N2O3. The lowest BCUT2D eigenvalue weighted by atomic mass is 9.88. The highest BCUT2D eigenvalue weighted by atomic mass is 16.6.